The fourth-order valence-corrected chi connectivity index (χ4v) is 6.41. The first-order valence-electron chi connectivity index (χ1n) is 12.1. The first-order chi connectivity index (χ1) is 16.5. The van der Waals surface area contributed by atoms with Crippen LogP contribution in [0.4, 0.5) is 5.69 Å². The lowest BCUT2D eigenvalue weighted by atomic mass is 9.63. The Morgan fingerprint density at radius 1 is 0.971 bits per heavy atom. The molecule has 6 unspecified atom stereocenters. The standard InChI is InChI=1S/C28H28N2O4/c1-3-34-18-10-8-17(9-11-18)29(26(31)19-7-5-4-6-16(19)2)15-30-27(32)24-20-12-13-21(23-14-22(20)23)25(24)28(30)33/h4-13,20-25H,3,14-15H2,1-2H3. The van der Waals surface area contributed by atoms with Gasteiger partial charge in [-0.1, -0.05) is 30.4 Å². The lowest BCUT2D eigenvalue weighted by Crippen LogP contribution is -2.45. The summed E-state index contributed by atoms with van der Waals surface area (Å²) in [5.41, 5.74) is 2.02. The normalized spacial score (nSPS) is 30.2. The highest BCUT2D eigenvalue weighted by molar-refractivity contribution is 6.10. The Morgan fingerprint density at radius 2 is 1.59 bits per heavy atom. The number of nitrogens with zero attached hydrogens (tertiary/aromatic N) is 2. The zero-order chi connectivity index (χ0) is 23.6. The summed E-state index contributed by atoms with van der Waals surface area (Å²) in [6.07, 6.45) is 5.45. The van der Waals surface area contributed by atoms with Crippen molar-refractivity contribution in [3.63, 3.8) is 0 Å². The minimum absolute atomic E-state index is 0.0827. The van der Waals surface area contributed by atoms with E-state index in [2.05, 4.69) is 12.2 Å². The van der Waals surface area contributed by atoms with E-state index in [1.54, 1.807) is 23.1 Å². The molecule has 4 aliphatic carbocycles. The summed E-state index contributed by atoms with van der Waals surface area (Å²) < 4.78 is 5.55. The van der Waals surface area contributed by atoms with Crippen LogP contribution in [0.1, 0.15) is 29.3 Å². The number of carbonyl (C=O) groups excluding carboxylic acids is 3. The van der Waals surface area contributed by atoms with E-state index in [0.29, 0.717) is 35.4 Å². The summed E-state index contributed by atoms with van der Waals surface area (Å²) in [5.74, 6) is 1.07. The van der Waals surface area contributed by atoms with E-state index in [9.17, 15) is 14.4 Å². The molecule has 2 aromatic rings. The zero-order valence-corrected chi connectivity index (χ0v) is 19.4. The molecule has 6 nitrogen and oxygen atoms in total. The molecule has 7 rings (SSSR count). The maximum absolute atomic E-state index is 13.7. The van der Waals surface area contributed by atoms with Crippen LogP contribution in [0, 0.1) is 42.4 Å². The van der Waals surface area contributed by atoms with E-state index in [0.717, 1.165) is 12.0 Å². The van der Waals surface area contributed by atoms with E-state index in [1.807, 2.05) is 44.2 Å². The molecule has 2 saturated carbocycles. The highest BCUT2D eigenvalue weighted by atomic mass is 16.5. The van der Waals surface area contributed by atoms with Crippen molar-refractivity contribution < 1.29 is 19.1 Å². The third kappa shape index (κ3) is 3.11. The number of ether oxygens (including phenoxy) is 1. The molecule has 34 heavy (non-hydrogen) atoms. The van der Waals surface area contributed by atoms with Gasteiger partial charge < -0.3 is 4.74 Å². The van der Waals surface area contributed by atoms with Gasteiger partial charge in [0.25, 0.3) is 5.91 Å². The van der Waals surface area contributed by atoms with Crippen LogP contribution in [0.3, 0.4) is 0 Å². The van der Waals surface area contributed by atoms with Crippen molar-refractivity contribution in [2.24, 2.45) is 35.5 Å². The van der Waals surface area contributed by atoms with Crippen LogP contribution in [0.15, 0.2) is 60.7 Å². The molecule has 0 radical (unpaired) electrons. The second kappa shape index (κ2) is 7.83. The van der Waals surface area contributed by atoms with Gasteiger partial charge in [-0.25, -0.2) is 0 Å². The number of likely N-dealkylation sites (tertiary alicyclic amines) is 1. The molecule has 6 heteroatoms. The lowest BCUT2D eigenvalue weighted by molar-refractivity contribution is -0.140. The molecule has 174 valence electrons. The molecule has 1 heterocycles. The van der Waals surface area contributed by atoms with Gasteiger partial charge in [0.05, 0.1) is 18.4 Å². The summed E-state index contributed by atoms with van der Waals surface area (Å²) in [6.45, 7) is 4.27. The molecule has 2 aromatic carbocycles. The first-order valence-corrected chi connectivity index (χ1v) is 12.1. The van der Waals surface area contributed by atoms with Crippen molar-refractivity contribution in [3.05, 3.63) is 71.8 Å². The van der Waals surface area contributed by atoms with Gasteiger partial charge >= 0.3 is 0 Å². The number of amides is 3. The molecule has 2 bridgehead atoms. The highest BCUT2D eigenvalue weighted by Gasteiger charge is 2.67. The first kappa shape index (κ1) is 21.1. The van der Waals surface area contributed by atoms with E-state index in [1.165, 1.54) is 4.90 Å². The van der Waals surface area contributed by atoms with Crippen molar-refractivity contribution in [2.75, 3.05) is 18.2 Å². The van der Waals surface area contributed by atoms with Crippen molar-refractivity contribution in [3.8, 4) is 5.75 Å². The number of anilines is 1. The summed E-state index contributed by atoms with van der Waals surface area (Å²) in [7, 11) is 0. The van der Waals surface area contributed by atoms with Crippen LogP contribution in [-0.4, -0.2) is 35.9 Å². The fourth-order valence-electron chi connectivity index (χ4n) is 6.41. The van der Waals surface area contributed by atoms with Gasteiger partial charge in [0, 0.05) is 11.3 Å². The third-order valence-corrected chi connectivity index (χ3v) is 8.12. The molecule has 6 atom stereocenters. The van der Waals surface area contributed by atoms with Gasteiger partial charge in [-0.05, 0) is 79.8 Å². The van der Waals surface area contributed by atoms with Gasteiger partial charge in [-0.3, -0.25) is 24.2 Å². The van der Waals surface area contributed by atoms with Crippen molar-refractivity contribution >= 4 is 23.4 Å². The molecule has 1 saturated heterocycles. The van der Waals surface area contributed by atoms with Gasteiger partial charge in [0.15, 0.2) is 0 Å². The van der Waals surface area contributed by atoms with Gasteiger partial charge in [0.1, 0.15) is 12.4 Å². The zero-order valence-electron chi connectivity index (χ0n) is 19.4. The Balaban J connectivity index is 1.33. The average molecular weight is 457 g/mol. The largest absolute Gasteiger partial charge is 0.494 e. The Kier molecular flexibility index (Phi) is 4.87. The maximum Gasteiger partial charge on any atom is 0.260 e. The molecule has 3 amide bonds. The van der Waals surface area contributed by atoms with Crippen molar-refractivity contribution in [2.45, 2.75) is 20.3 Å². The Labute approximate surface area is 199 Å². The topological polar surface area (TPSA) is 66.9 Å². The molecular formula is C28H28N2O4. The maximum atomic E-state index is 13.7. The van der Waals surface area contributed by atoms with Gasteiger partial charge in [-0.2, -0.15) is 0 Å². The van der Waals surface area contributed by atoms with Crippen LogP contribution in [-0.2, 0) is 9.59 Å². The number of imide groups is 1. The minimum Gasteiger partial charge on any atom is -0.494 e. The Bertz CT molecular complexity index is 1170. The SMILES string of the molecule is CCOc1ccc(N(CN2C(=O)C3C4C=CC(C5CC45)C3C2=O)C(=O)c2ccccc2C)cc1. The predicted molar refractivity (Wildman–Crippen MR) is 127 cm³/mol. The second-order valence-electron chi connectivity index (χ2n) is 9.88. The van der Waals surface area contributed by atoms with Crippen LogP contribution >= 0.6 is 0 Å². The van der Waals surface area contributed by atoms with Crippen LogP contribution in [0.2, 0.25) is 0 Å². The van der Waals surface area contributed by atoms with Crippen molar-refractivity contribution in [1.29, 1.82) is 0 Å². The minimum atomic E-state index is -0.276. The van der Waals surface area contributed by atoms with E-state index >= 15 is 0 Å². The highest BCUT2D eigenvalue weighted by Crippen LogP contribution is 2.65. The summed E-state index contributed by atoms with van der Waals surface area (Å²) >= 11 is 0. The number of hydrogen-bond acceptors (Lipinski definition) is 4. The number of benzene rings is 2. The summed E-state index contributed by atoms with van der Waals surface area (Å²) in [4.78, 5) is 43.7. The average Bonchev–Trinajstić information content (AvgIpc) is 3.63. The van der Waals surface area contributed by atoms with Crippen molar-refractivity contribution in [1.82, 2.24) is 4.90 Å². The molecule has 0 spiro atoms. The number of hydrogen-bond donors (Lipinski definition) is 0. The Morgan fingerprint density at radius 3 is 2.18 bits per heavy atom. The summed E-state index contributed by atoms with van der Waals surface area (Å²) in [6, 6.07) is 14.6. The fraction of sp³-hybridized carbons (Fsp3) is 0.393. The quantitative estimate of drug-likeness (QED) is 0.486. The number of carbonyl (C=O) groups is 3. The smallest absolute Gasteiger partial charge is 0.260 e. The molecule has 5 aliphatic rings. The van der Waals surface area contributed by atoms with Gasteiger partial charge in [0.2, 0.25) is 11.8 Å². The molecule has 0 N–H and O–H groups in total. The molecule has 3 fully saturated rings. The number of allylic oxidation sites excluding steroid dienone is 2. The van der Waals surface area contributed by atoms with Crippen LogP contribution < -0.4 is 9.64 Å². The molecule has 1 aliphatic heterocycles. The number of aryl methyl sites for hydroxylation is 1. The monoisotopic (exact) mass is 456 g/mol. The predicted octanol–water partition coefficient (Wildman–Crippen LogP) is 4.05. The van der Waals surface area contributed by atoms with E-state index in [4.69, 9.17) is 4.74 Å². The van der Waals surface area contributed by atoms with Gasteiger partial charge in [-0.15, -0.1) is 0 Å². The molecular weight excluding hydrogens is 428 g/mol. The third-order valence-electron chi connectivity index (χ3n) is 8.12. The van der Waals surface area contributed by atoms with E-state index < -0.39 is 0 Å². The van der Waals surface area contributed by atoms with Crippen LogP contribution in [0.25, 0.3) is 0 Å². The second-order valence-corrected chi connectivity index (χ2v) is 9.88. The Hall–Kier alpha value is -3.41. The number of rotatable bonds is 6. The van der Waals surface area contributed by atoms with Crippen LogP contribution in [0.5, 0.6) is 5.75 Å². The lowest BCUT2D eigenvalue weighted by Gasteiger charge is -2.37. The summed E-state index contributed by atoms with van der Waals surface area (Å²) in [5, 5.41) is 0. The van der Waals surface area contributed by atoms with E-state index in [-0.39, 0.29) is 48.1 Å². The molecule has 0 aromatic heterocycles.